The van der Waals surface area contributed by atoms with E-state index in [0.717, 1.165) is 27.9 Å². The Labute approximate surface area is 191 Å². The van der Waals surface area contributed by atoms with Crippen LogP contribution in [0.5, 0.6) is 0 Å². The molecule has 0 saturated heterocycles. The molecule has 2 heterocycles. The highest BCUT2D eigenvalue weighted by Gasteiger charge is 2.17. The molecular weight excluding hydrogens is 402 g/mol. The van der Waals surface area contributed by atoms with Gasteiger partial charge >= 0.3 is 0 Å². The molecule has 3 nitrogen and oxygen atoms in total. The van der Waals surface area contributed by atoms with Gasteiger partial charge in [0.15, 0.2) is 0 Å². The molecule has 0 fully saturated rings. The topological polar surface area (TPSA) is 41.6 Å². The summed E-state index contributed by atoms with van der Waals surface area (Å²) in [4.78, 5) is 4.29. The Kier molecular flexibility index (Phi) is 4.49. The smallest absolute Gasteiger partial charge is 0.101 e. The molecule has 4 aromatic carbocycles. The number of hydrogen-bond acceptors (Lipinski definition) is 2. The molecule has 0 spiro atoms. The van der Waals surface area contributed by atoms with Gasteiger partial charge in [-0.2, -0.15) is 5.26 Å². The number of pyridine rings is 1. The summed E-state index contributed by atoms with van der Waals surface area (Å²) in [7, 11) is 0. The van der Waals surface area contributed by atoms with Gasteiger partial charge in [-0.1, -0.05) is 78.9 Å². The highest BCUT2D eigenvalue weighted by atomic mass is 15.0. The van der Waals surface area contributed by atoms with Gasteiger partial charge in [-0.25, -0.2) is 0 Å². The van der Waals surface area contributed by atoms with E-state index in [1.54, 1.807) is 6.20 Å². The molecule has 0 N–H and O–H groups in total. The van der Waals surface area contributed by atoms with E-state index >= 15 is 0 Å². The lowest BCUT2D eigenvalue weighted by atomic mass is 9.94. The Morgan fingerprint density at radius 1 is 0.606 bits per heavy atom. The summed E-state index contributed by atoms with van der Waals surface area (Å²) < 4.78 is 2.35. The second kappa shape index (κ2) is 7.78. The zero-order valence-corrected chi connectivity index (χ0v) is 17.8. The summed E-state index contributed by atoms with van der Waals surface area (Å²) in [6.45, 7) is 0. The minimum absolute atomic E-state index is 0.554. The van der Waals surface area contributed by atoms with E-state index in [1.165, 1.54) is 21.8 Å². The molecule has 0 bridgehead atoms. The molecule has 6 aromatic rings. The van der Waals surface area contributed by atoms with Crippen molar-refractivity contribution in [2.24, 2.45) is 0 Å². The molecule has 0 atom stereocenters. The second-order valence-electron chi connectivity index (χ2n) is 8.01. The van der Waals surface area contributed by atoms with Crippen molar-refractivity contribution >= 4 is 21.8 Å². The minimum atomic E-state index is 0.554. The maximum Gasteiger partial charge on any atom is 0.101 e. The Morgan fingerprint density at radius 3 is 1.88 bits per heavy atom. The molecule has 3 heteroatoms. The predicted octanol–water partition coefficient (Wildman–Crippen LogP) is 7.38. The number of aromatic nitrogens is 2. The van der Waals surface area contributed by atoms with Crippen LogP contribution in [0.2, 0.25) is 0 Å². The Hall–Kier alpha value is -4.68. The predicted molar refractivity (Wildman–Crippen MR) is 134 cm³/mol. The summed E-state index contributed by atoms with van der Waals surface area (Å²) in [6, 6.07) is 38.0. The molecule has 0 amide bonds. The SMILES string of the molecule is N#Cc1cncc(-c2ccccc2-c2ccccc2-n2c3ccccc3c3ccccc32)c1. The summed E-state index contributed by atoms with van der Waals surface area (Å²) in [5.74, 6) is 0. The largest absolute Gasteiger partial charge is 0.309 e. The van der Waals surface area contributed by atoms with Crippen LogP contribution in [0, 0.1) is 11.3 Å². The average Bonchev–Trinajstić information content (AvgIpc) is 3.23. The molecule has 6 rings (SSSR count). The maximum absolute atomic E-state index is 9.37. The Balaban J connectivity index is 1.66. The summed E-state index contributed by atoms with van der Waals surface area (Å²) in [5, 5.41) is 11.8. The van der Waals surface area contributed by atoms with Crippen molar-refractivity contribution in [3.05, 3.63) is 121 Å². The van der Waals surface area contributed by atoms with Crippen LogP contribution in [0.4, 0.5) is 0 Å². The third kappa shape index (κ3) is 3.09. The van der Waals surface area contributed by atoms with Crippen molar-refractivity contribution in [1.82, 2.24) is 9.55 Å². The number of hydrogen-bond donors (Lipinski definition) is 0. The zero-order valence-electron chi connectivity index (χ0n) is 17.8. The van der Waals surface area contributed by atoms with E-state index in [9.17, 15) is 5.26 Å². The van der Waals surface area contributed by atoms with Crippen molar-refractivity contribution < 1.29 is 0 Å². The van der Waals surface area contributed by atoms with Crippen LogP contribution < -0.4 is 0 Å². The highest BCUT2D eigenvalue weighted by molar-refractivity contribution is 6.09. The number of fused-ring (bicyclic) bond motifs is 3. The molecule has 2 aromatic heterocycles. The molecular formula is C30H19N3. The van der Waals surface area contributed by atoms with Crippen LogP contribution in [0.3, 0.4) is 0 Å². The standard InChI is InChI=1S/C30H19N3/c31-18-21-17-22(20-32-19-21)23-9-1-2-10-24(23)25-11-3-6-14-28(25)33-29-15-7-4-12-26(29)27-13-5-8-16-30(27)33/h1-17,19-20H. The molecule has 0 aliphatic carbocycles. The van der Waals surface area contributed by atoms with Gasteiger partial charge < -0.3 is 4.57 Å². The van der Waals surface area contributed by atoms with Gasteiger partial charge in [0.25, 0.3) is 0 Å². The van der Waals surface area contributed by atoms with Gasteiger partial charge in [-0.3, -0.25) is 4.98 Å². The zero-order chi connectivity index (χ0) is 22.2. The van der Waals surface area contributed by atoms with Crippen LogP contribution in [-0.2, 0) is 0 Å². The molecule has 0 saturated carbocycles. The van der Waals surface area contributed by atoms with Crippen LogP contribution in [-0.4, -0.2) is 9.55 Å². The number of rotatable bonds is 3. The molecule has 0 aliphatic heterocycles. The van der Waals surface area contributed by atoms with E-state index in [2.05, 4.69) is 107 Å². The third-order valence-corrected chi connectivity index (χ3v) is 6.12. The maximum atomic E-state index is 9.37. The lowest BCUT2D eigenvalue weighted by Gasteiger charge is -2.16. The number of nitriles is 1. The van der Waals surface area contributed by atoms with Crippen molar-refractivity contribution in [2.75, 3.05) is 0 Å². The van der Waals surface area contributed by atoms with E-state index in [0.29, 0.717) is 5.56 Å². The lowest BCUT2D eigenvalue weighted by Crippen LogP contribution is -1.98. The normalized spacial score (nSPS) is 11.0. The van der Waals surface area contributed by atoms with Gasteiger partial charge in [-0.05, 0) is 35.4 Å². The molecule has 0 aliphatic rings. The van der Waals surface area contributed by atoms with Crippen LogP contribution in [0.25, 0.3) is 49.7 Å². The fourth-order valence-electron chi connectivity index (χ4n) is 4.70. The summed E-state index contributed by atoms with van der Waals surface area (Å²) in [5.41, 5.74) is 8.24. The summed E-state index contributed by atoms with van der Waals surface area (Å²) in [6.07, 6.45) is 3.42. The molecule has 0 radical (unpaired) electrons. The first kappa shape index (κ1) is 19.0. The minimum Gasteiger partial charge on any atom is -0.309 e. The quantitative estimate of drug-likeness (QED) is 0.299. The van der Waals surface area contributed by atoms with Gasteiger partial charge in [0.05, 0.1) is 22.3 Å². The third-order valence-electron chi connectivity index (χ3n) is 6.12. The number of nitrogens with zero attached hydrogens (tertiary/aromatic N) is 3. The first-order valence-electron chi connectivity index (χ1n) is 10.9. The van der Waals surface area contributed by atoms with Crippen molar-refractivity contribution in [1.29, 1.82) is 5.26 Å². The van der Waals surface area contributed by atoms with Crippen molar-refractivity contribution in [3.8, 4) is 34.0 Å². The van der Waals surface area contributed by atoms with Gasteiger partial charge in [0.2, 0.25) is 0 Å². The van der Waals surface area contributed by atoms with E-state index in [1.807, 2.05) is 18.3 Å². The van der Waals surface area contributed by atoms with Crippen LogP contribution in [0.1, 0.15) is 5.56 Å². The first-order valence-corrected chi connectivity index (χ1v) is 10.9. The van der Waals surface area contributed by atoms with Crippen molar-refractivity contribution in [2.45, 2.75) is 0 Å². The fourth-order valence-corrected chi connectivity index (χ4v) is 4.70. The van der Waals surface area contributed by atoms with Gasteiger partial charge in [-0.15, -0.1) is 0 Å². The van der Waals surface area contributed by atoms with E-state index in [-0.39, 0.29) is 0 Å². The monoisotopic (exact) mass is 421 g/mol. The van der Waals surface area contributed by atoms with Gasteiger partial charge in [0.1, 0.15) is 6.07 Å². The van der Waals surface area contributed by atoms with Gasteiger partial charge in [0, 0.05) is 34.3 Å². The highest BCUT2D eigenvalue weighted by Crippen LogP contribution is 2.39. The number of para-hydroxylation sites is 3. The molecule has 33 heavy (non-hydrogen) atoms. The van der Waals surface area contributed by atoms with E-state index in [4.69, 9.17) is 0 Å². The Bertz CT molecular complexity index is 1630. The fraction of sp³-hybridized carbons (Fsp3) is 0. The average molecular weight is 422 g/mol. The second-order valence-corrected chi connectivity index (χ2v) is 8.01. The van der Waals surface area contributed by atoms with E-state index < -0.39 is 0 Å². The molecule has 0 unspecified atom stereocenters. The number of benzene rings is 4. The summed E-state index contributed by atoms with van der Waals surface area (Å²) >= 11 is 0. The molecule has 154 valence electrons. The lowest BCUT2D eigenvalue weighted by molar-refractivity contribution is 1.18. The van der Waals surface area contributed by atoms with Crippen molar-refractivity contribution in [3.63, 3.8) is 0 Å². The van der Waals surface area contributed by atoms with Crippen LogP contribution >= 0.6 is 0 Å². The first-order chi connectivity index (χ1) is 16.3. The van der Waals surface area contributed by atoms with Crippen LogP contribution in [0.15, 0.2) is 116 Å². The Morgan fingerprint density at radius 2 is 1.18 bits per heavy atom.